The summed E-state index contributed by atoms with van der Waals surface area (Å²) in [5, 5.41) is 3.13. The molecule has 1 aliphatic rings. The second-order valence-electron chi connectivity index (χ2n) is 7.45. The van der Waals surface area contributed by atoms with Gasteiger partial charge in [-0.1, -0.05) is 19.9 Å². The van der Waals surface area contributed by atoms with E-state index in [1.807, 2.05) is 19.9 Å². The molecule has 26 heavy (non-hydrogen) atoms. The number of amides is 1. The van der Waals surface area contributed by atoms with Crippen LogP contribution in [0.5, 0.6) is 11.5 Å². The molecule has 5 heteroatoms. The highest BCUT2D eigenvalue weighted by Gasteiger charge is 2.35. The first kappa shape index (κ1) is 20.6. The normalized spacial score (nSPS) is 20.4. The minimum absolute atomic E-state index is 0.0504. The molecule has 1 aromatic rings. The Bertz CT molecular complexity index is 616. The Balaban J connectivity index is 2.19. The minimum atomic E-state index is 0.0504. The number of carbonyl (C=O) groups is 1. The number of likely N-dealkylation sites (tertiary alicyclic amines) is 1. The third kappa shape index (κ3) is 4.91. The van der Waals surface area contributed by atoms with E-state index in [2.05, 4.69) is 37.1 Å². The molecule has 0 aromatic heterocycles. The zero-order valence-corrected chi connectivity index (χ0v) is 17.1. The maximum atomic E-state index is 11.6. The number of nitrogens with zero attached hydrogens (tertiary/aromatic N) is 1. The Morgan fingerprint density at radius 3 is 2.50 bits per heavy atom. The van der Waals surface area contributed by atoms with Gasteiger partial charge in [0.05, 0.1) is 13.2 Å². The van der Waals surface area contributed by atoms with Crippen LogP contribution in [0.2, 0.25) is 0 Å². The number of nitrogens with one attached hydrogen (secondary N) is 1. The van der Waals surface area contributed by atoms with Crippen molar-refractivity contribution in [2.75, 3.05) is 26.3 Å². The van der Waals surface area contributed by atoms with Crippen molar-refractivity contribution in [2.45, 2.75) is 54.1 Å². The monoisotopic (exact) mass is 362 g/mol. The van der Waals surface area contributed by atoms with E-state index in [9.17, 15) is 4.79 Å². The van der Waals surface area contributed by atoms with Gasteiger partial charge in [0.25, 0.3) is 0 Å². The van der Waals surface area contributed by atoms with Crippen LogP contribution in [-0.2, 0) is 11.3 Å². The zero-order chi connectivity index (χ0) is 19.3. The molecule has 0 radical (unpaired) electrons. The lowest BCUT2D eigenvalue weighted by atomic mass is 9.91. The highest BCUT2D eigenvalue weighted by atomic mass is 16.5. The number of hydrogen-bond acceptors (Lipinski definition) is 4. The van der Waals surface area contributed by atoms with Crippen molar-refractivity contribution in [3.63, 3.8) is 0 Å². The smallest absolute Gasteiger partial charge is 0.217 e. The number of benzene rings is 1. The molecule has 1 fully saturated rings. The second kappa shape index (κ2) is 9.26. The van der Waals surface area contributed by atoms with E-state index in [-0.39, 0.29) is 11.9 Å². The van der Waals surface area contributed by atoms with E-state index < -0.39 is 0 Å². The van der Waals surface area contributed by atoms with E-state index in [0.717, 1.165) is 36.7 Å². The van der Waals surface area contributed by atoms with Gasteiger partial charge >= 0.3 is 0 Å². The molecule has 146 valence electrons. The second-order valence-corrected chi connectivity index (χ2v) is 7.45. The Morgan fingerprint density at radius 2 is 1.92 bits per heavy atom. The van der Waals surface area contributed by atoms with Gasteiger partial charge in [-0.15, -0.1) is 0 Å². The number of ether oxygens (including phenoxy) is 2. The minimum Gasteiger partial charge on any atom is -0.493 e. The Morgan fingerprint density at radius 1 is 1.23 bits per heavy atom. The summed E-state index contributed by atoms with van der Waals surface area (Å²) >= 11 is 0. The highest BCUT2D eigenvalue weighted by molar-refractivity contribution is 5.73. The molecule has 1 aromatic carbocycles. The summed E-state index contributed by atoms with van der Waals surface area (Å²) < 4.78 is 11.7. The van der Waals surface area contributed by atoms with Crippen LogP contribution in [0.4, 0.5) is 0 Å². The predicted molar refractivity (Wildman–Crippen MR) is 105 cm³/mol. The molecule has 0 bridgehead atoms. The summed E-state index contributed by atoms with van der Waals surface area (Å²) in [7, 11) is 0. The molecule has 1 N–H and O–H groups in total. The molecule has 2 rings (SSSR count). The van der Waals surface area contributed by atoms with Crippen LogP contribution in [0.3, 0.4) is 0 Å². The average molecular weight is 363 g/mol. The lowest BCUT2D eigenvalue weighted by Crippen LogP contribution is -2.40. The van der Waals surface area contributed by atoms with Gasteiger partial charge < -0.3 is 14.8 Å². The molecule has 0 spiro atoms. The Labute approximate surface area is 158 Å². The summed E-state index contributed by atoms with van der Waals surface area (Å²) in [6.07, 6.45) is 0. The van der Waals surface area contributed by atoms with Crippen LogP contribution in [0.25, 0.3) is 0 Å². The van der Waals surface area contributed by atoms with Crippen molar-refractivity contribution in [3.8, 4) is 11.5 Å². The van der Waals surface area contributed by atoms with E-state index in [1.165, 1.54) is 5.56 Å². The number of rotatable bonds is 8. The van der Waals surface area contributed by atoms with E-state index in [1.54, 1.807) is 6.92 Å². The topological polar surface area (TPSA) is 50.8 Å². The van der Waals surface area contributed by atoms with Crippen LogP contribution in [0.1, 0.15) is 45.7 Å². The third-order valence-corrected chi connectivity index (χ3v) is 5.11. The van der Waals surface area contributed by atoms with Gasteiger partial charge in [0.15, 0.2) is 0 Å². The quantitative estimate of drug-likeness (QED) is 0.770. The summed E-state index contributed by atoms with van der Waals surface area (Å²) in [5.74, 6) is 2.87. The van der Waals surface area contributed by atoms with Gasteiger partial charge in [0.1, 0.15) is 11.5 Å². The van der Waals surface area contributed by atoms with Crippen LogP contribution in [0.15, 0.2) is 12.1 Å². The van der Waals surface area contributed by atoms with Crippen molar-refractivity contribution < 1.29 is 14.3 Å². The van der Waals surface area contributed by atoms with Crippen molar-refractivity contribution in [3.05, 3.63) is 23.3 Å². The first-order chi connectivity index (χ1) is 12.4. The molecule has 0 unspecified atom stereocenters. The van der Waals surface area contributed by atoms with Gasteiger partial charge in [-0.3, -0.25) is 9.69 Å². The van der Waals surface area contributed by atoms with Gasteiger partial charge in [0.2, 0.25) is 5.91 Å². The lowest BCUT2D eigenvalue weighted by molar-refractivity contribution is -0.119. The van der Waals surface area contributed by atoms with E-state index in [0.29, 0.717) is 25.0 Å². The summed E-state index contributed by atoms with van der Waals surface area (Å²) in [6, 6.07) is 4.36. The molecule has 5 nitrogen and oxygen atoms in total. The molecule has 0 saturated carbocycles. The fourth-order valence-electron chi connectivity index (χ4n) is 3.88. The van der Waals surface area contributed by atoms with Crippen molar-refractivity contribution in [1.29, 1.82) is 0 Å². The molecule has 2 atom stereocenters. The Hall–Kier alpha value is -1.75. The van der Waals surface area contributed by atoms with Crippen LogP contribution >= 0.6 is 0 Å². The van der Waals surface area contributed by atoms with Gasteiger partial charge in [-0.05, 0) is 38.7 Å². The summed E-state index contributed by atoms with van der Waals surface area (Å²) in [5.41, 5.74) is 2.24. The molecular weight excluding hydrogens is 328 g/mol. The number of carbonyl (C=O) groups excluding carboxylic acids is 1. The largest absolute Gasteiger partial charge is 0.493 e. The SMILES string of the molecule is CCOc1ccc(CN2C[C@@H](NC(C)=O)[C@H](C(C)C)C2)c(OCC)c1C. The van der Waals surface area contributed by atoms with Gasteiger partial charge in [-0.25, -0.2) is 0 Å². The van der Waals surface area contributed by atoms with Crippen LogP contribution in [-0.4, -0.2) is 43.2 Å². The van der Waals surface area contributed by atoms with Crippen molar-refractivity contribution in [2.24, 2.45) is 11.8 Å². The first-order valence-corrected chi connectivity index (χ1v) is 9.74. The first-order valence-electron chi connectivity index (χ1n) is 9.74. The van der Waals surface area contributed by atoms with Crippen molar-refractivity contribution >= 4 is 5.91 Å². The summed E-state index contributed by atoms with van der Waals surface area (Å²) in [6.45, 7) is 16.1. The van der Waals surface area contributed by atoms with Crippen LogP contribution in [0, 0.1) is 18.8 Å². The molecule has 1 saturated heterocycles. The maximum Gasteiger partial charge on any atom is 0.217 e. The zero-order valence-electron chi connectivity index (χ0n) is 17.1. The predicted octanol–water partition coefficient (Wildman–Crippen LogP) is 3.38. The van der Waals surface area contributed by atoms with Gasteiger partial charge in [-0.2, -0.15) is 0 Å². The molecular formula is C21H34N2O3. The van der Waals surface area contributed by atoms with E-state index in [4.69, 9.17) is 9.47 Å². The highest BCUT2D eigenvalue weighted by Crippen LogP contribution is 2.34. The van der Waals surface area contributed by atoms with E-state index >= 15 is 0 Å². The number of hydrogen-bond donors (Lipinski definition) is 1. The Kier molecular flexibility index (Phi) is 7.33. The molecule has 1 aliphatic heterocycles. The molecule has 1 amide bonds. The summed E-state index contributed by atoms with van der Waals surface area (Å²) in [4.78, 5) is 14.0. The molecule has 1 heterocycles. The standard InChI is InChI=1S/C21H34N2O3/c1-7-25-20-10-9-17(21(15(20)5)26-8-2)11-23-12-18(14(3)4)19(13-23)22-16(6)24/h9-10,14,18-19H,7-8,11-13H2,1-6H3,(H,22,24)/t18-,19+/m0/s1. The lowest BCUT2D eigenvalue weighted by Gasteiger charge is -2.22. The van der Waals surface area contributed by atoms with Gasteiger partial charge in [0, 0.05) is 43.7 Å². The molecule has 0 aliphatic carbocycles. The maximum absolute atomic E-state index is 11.6. The third-order valence-electron chi connectivity index (χ3n) is 5.11. The van der Waals surface area contributed by atoms with Crippen molar-refractivity contribution in [1.82, 2.24) is 10.2 Å². The fourth-order valence-corrected chi connectivity index (χ4v) is 3.88. The van der Waals surface area contributed by atoms with Crippen LogP contribution < -0.4 is 14.8 Å². The fraction of sp³-hybridized carbons (Fsp3) is 0.667. The average Bonchev–Trinajstić information content (AvgIpc) is 2.95.